The molecule has 0 fully saturated rings. The summed E-state index contributed by atoms with van der Waals surface area (Å²) >= 11 is 0. The number of hydrogen-bond donors (Lipinski definition) is 0. The molecule has 0 aromatic carbocycles. The molecular formula is C20H20F16O6-2. The van der Waals surface area contributed by atoms with Crippen LogP contribution in [0.15, 0.2) is 0 Å². The van der Waals surface area contributed by atoms with Gasteiger partial charge in [-0.05, 0) is 24.7 Å². The molecule has 0 amide bonds. The van der Waals surface area contributed by atoms with E-state index in [1.165, 1.54) is 0 Å². The molecule has 6 nitrogen and oxygen atoms in total. The third-order valence-corrected chi connectivity index (χ3v) is 5.84. The van der Waals surface area contributed by atoms with E-state index >= 15 is 0 Å². The number of carboxylic acid groups (broad SMARTS) is 2. The highest BCUT2D eigenvalue weighted by Crippen LogP contribution is 2.49. The summed E-state index contributed by atoms with van der Waals surface area (Å²) in [5.41, 5.74) is 0. The fourth-order valence-corrected chi connectivity index (χ4v) is 3.17. The molecule has 250 valence electrons. The zero-order chi connectivity index (χ0) is 34.0. The third kappa shape index (κ3) is 8.65. The molecule has 2 atom stereocenters. The van der Waals surface area contributed by atoms with Gasteiger partial charge in [0.25, 0.3) is 0 Å². The lowest BCUT2D eigenvalue weighted by Gasteiger charge is -2.35. The Morgan fingerprint density at radius 2 is 0.762 bits per heavy atom. The van der Waals surface area contributed by atoms with E-state index in [1.54, 1.807) is 0 Å². The number of alkyl halides is 16. The lowest BCUT2D eigenvalue weighted by Crippen LogP contribution is -2.59. The number of carbonyl (C=O) groups excluding carboxylic acids is 2. The Balaban J connectivity index is 5.66. The molecule has 0 aromatic heterocycles. The van der Waals surface area contributed by atoms with Gasteiger partial charge in [0.05, 0.1) is 0 Å². The van der Waals surface area contributed by atoms with Gasteiger partial charge < -0.3 is 19.8 Å². The zero-order valence-electron chi connectivity index (χ0n) is 20.9. The van der Waals surface area contributed by atoms with E-state index in [0.29, 0.717) is 0 Å². The third-order valence-electron chi connectivity index (χ3n) is 5.84. The van der Waals surface area contributed by atoms with E-state index in [0.717, 1.165) is 13.8 Å². The van der Waals surface area contributed by atoms with Crippen molar-refractivity contribution in [3.05, 3.63) is 0 Å². The topological polar surface area (TPSA) is 98.7 Å². The van der Waals surface area contributed by atoms with Crippen LogP contribution in [0.1, 0.15) is 52.4 Å². The highest BCUT2D eigenvalue weighted by atomic mass is 19.4. The van der Waals surface area contributed by atoms with E-state index in [1.807, 2.05) is 0 Å². The highest BCUT2D eigenvalue weighted by molar-refractivity contribution is 5.74. The van der Waals surface area contributed by atoms with Crippen molar-refractivity contribution in [3.63, 3.8) is 0 Å². The second kappa shape index (κ2) is 12.8. The smallest absolute Gasteiger partial charge is 0.429 e. The summed E-state index contributed by atoms with van der Waals surface area (Å²) in [5.74, 6) is -36.1. The molecule has 42 heavy (non-hydrogen) atoms. The predicted octanol–water partition coefficient (Wildman–Crippen LogP) is 5.04. The van der Waals surface area contributed by atoms with Gasteiger partial charge in [0.2, 0.25) is 0 Å². The first-order valence-corrected chi connectivity index (χ1v) is 11.2. The monoisotopic (exact) mass is 660 g/mol. The lowest BCUT2D eigenvalue weighted by molar-refractivity contribution is -0.472. The van der Waals surface area contributed by atoms with Crippen LogP contribution in [0, 0.1) is 11.8 Å². The standard InChI is InChI=1S/C20H22F16O6/c1-3-9(7-13(21,22)17(29,30)41-19(33,34)15(25,26)11(37)38)5-6-10(4-2)8-14(23,24)18(31,32)42-20(35,36)16(27,28)12(39)40/h9-10H,3-8H2,1-2H3,(H,37,38)(H,39,40)/p-2. The predicted molar refractivity (Wildman–Crippen MR) is 97.8 cm³/mol. The van der Waals surface area contributed by atoms with Crippen molar-refractivity contribution in [3.8, 4) is 0 Å². The number of carbonyl (C=O) groups is 2. The number of aliphatic carboxylic acids is 2. The van der Waals surface area contributed by atoms with E-state index < -0.39 is 110 Å². The fourth-order valence-electron chi connectivity index (χ4n) is 3.17. The van der Waals surface area contributed by atoms with Crippen LogP contribution in [0.3, 0.4) is 0 Å². The van der Waals surface area contributed by atoms with Gasteiger partial charge >= 0.3 is 48.1 Å². The van der Waals surface area contributed by atoms with Crippen LogP contribution in [0.2, 0.25) is 0 Å². The molecule has 0 aliphatic carbocycles. The molecule has 0 heterocycles. The van der Waals surface area contributed by atoms with Crippen molar-refractivity contribution in [1.29, 1.82) is 0 Å². The SMILES string of the molecule is CCC(CCC(CC)CC(F)(F)C(F)(F)OC(F)(F)C(F)(F)C(=O)[O-])CC(F)(F)C(F)(F)OC(F)(F)C(F)(F)C(=O)[O-]. The molecule has 2 unspecified atom stereocenters. The summed E-state index contributed by atoms with van der Waals surface area (Å²) in [6, 6.07) is 0. The van der Waals surface area contributed by atoms with Crippen LogP contribution in [0.4, 0.5) is 70.2 Å². The van der Waals surface area contributed by atoms with E-state index in [4.69, 9.17) is 0 Å². The molecule has 0 N–H and O–H groups in total. The van der Waals surface area contributed by atoms with Gasteiger partial charge in [-0.15, -0.1) is 0 Å². The summed E-state index contributed by atoms with van der Waals surface area (Å²) < 4.78 is 220. The molecule has 0 bridgehead atoms. The summed E-state index contributed by atoms with van der Waals surface area (Å²) in [5, 5.41) is 20.1. The molecule has 0 aliphatic heterocycles. The summed E-state index contributed by atoms with van der Waals surface area (Å²) in [6.07, 6.45) is -33.8. The molecule has 0 rings (SSSR count). The van der Waals surface area contributed by atoms with Crippen molar-refractivity contribution in [1.82, 2.24) is 0 Å². The zero-order valence-corrected chi connectivity index (χ0v) is 20.9. The van der Waals surface area contributed by atoms with Gasteiger partial charge in [-0.1, -0.05) is 26.7 Å². The van der Waals surface area contributed by atoms with Crippen molar-refractivity contribution in [2.75, 3.05) is 0 Å². The van der Waals surface area contributed by atoms with Crippen molar-refractivity contribution < 1.29 is 99.5 Å². The molecule has 0 aliphatic rings. The van der Waals surface area contributed by atoms with Gasteiger partial charge in [0.15, 0.2) is 0 Å². The number of ether oxygens (including phenoxy) is 2. The Bertz CT molecular complexity index is 866. The number of halogens is 16. The number of carboxylic acids is 2. The average molecular weight is 660 g/mol. The maximum Gasteiger partial charge on any atom is 0.429 e. The van der Waals surface area contributed by atoms with Crippen LogP contribution < -0.4 is 10.2 Å². The Morgan fingerprint density at radius 3 is 0.952 bits per heavy atom. The fraction of sp³-hybridized carbons (Fsp3) is 0.900. The van der Waals surface area contributed by atoms with Crippen LogP contribution >= 0.6 is 0 Å². The first-order chi connectivity index (χ1) is 18.4. The van der Waals surface area contributed by atoms with E-state index in [9.17, 15) is 90.0 Å². The minimum atomic E-state index is -6.73. The Morgan fingerprint density at radius 1 is 0.524 bits per heavy atom. The van der Waals surface area contributed by atoms with Crippen LogP contribution in [-0.2, 0) is 19.1 Å². The maximum atomic E-state index is 14.1. The Hall–Kier alpha value is -2.26. The summed E-state index contributed by atoms with van der Waals surface area (Å²) in [6.45, 7) is 1.96. The molecule has 0 aromatic rings. The van der Waals surface area contributed by atoms with Crippen LogP contribution in [0.5, 0.6) is 0 Å². The molecule has 22 heteroatoms. The lowest BCUT2D eigenvalue weighted by atomic mass is 9.86. The van der Waals surface area contributed by atoms with E-state index in [2.05, 4.69) is 9.47 Å². The van der Waals surface area contributed by atoms with Crippen LogP contribution in [-0.4, -0.2) is 60.1 Å². The Labute approximate surface area is 224 Å². The van der Waals surface area contributed by atoms with Crippen molar-refractivity contribution in [2.45, 2.75) is 100 Å². The largest absolute Gasteiger partial charge is 0.544 e. The first-order valence-electron chi connectivity index (χ1n) is 11.2. The summed E-state index contributed by atoms with van der Waals surface area (Å²) in [4.78, 5) is 20.1. The molecule has 0 saturated carbocycles. The van der Waals surface area contributed by atoms with Crippen molar-refractivity contribution >= 4 is 11.9 Å². The van der Waals surface area contributed by atoms with Gasteiger partial charge in [0, 0.05) is 12.8 Å². The van der Waals surface area contributed by atoms with Gasteiger partial charge in [-0.3, -0.25) is 0 Å². The first kappa shape index (κ1) is 39.7. The average Bonchev–Trinajstić information content (AvgIpc) is 2.78. The molecule has 0 spiro atoms. The maximum absolute atomic E-state index is 14.1. The second-order valence-electron chi connectivity index (χ2n) is 8.94. The quantitative estimate of drug-likeness (QED) is 0.180. The van der Waals surface area contributed by atoms with Crippen molar-refractivity contribution in [2.24, 2.45) is 11.8 Å². The van der Waals surface area contributed by atoms with E-state index in [-0.39, 0.29) is 0 Å². The minimum Gasteiger partial charge on any atom is -0.544 e. The number of hydrogen-bond acceptors (Lipinski definition) is 6. The highest BCUT2D eigenvalue weighted by Gasteiger charge is 2.71. The summed E-state index contributed by atoms with van der Waals surface area (Å²) in [7, 11) is 0. The molecular weight excluding hydrogens is 640 g/mol. The normalized spacial score (nSPS) is 16.3. The minimum absolute atomic E-state index is 0.603. The van der Waals surface area contributed by atoms with Crippen LogP contribution in [0.25, 0.3) is 0 Å². The second-order valence-corrected chi connectivity index (χ2v) is 8.94. The van der Waals surface area contributed by atoms with Gasteiger partial charge in [-0.25, -0.2) is 9.47 Å². The van der Waals surface area contributed by atoms with Gasteiger partial charge in [0.1, 0.15) is 11.9 Å². The Kier molecular flexibility index (Phi) is 12.1. The van der Waals surface area contributed by atoms with Gasteiger partial charge in [-0.2, -0.15) is 70.2 Å². The number of rotatable bonds is 19. The molecule has 0 radical (unpaired) electrons. The molecule has 0 saturated heterocycles.